The van der Waals surface area contributed by atoms with E-state index in [9.17, 15) is 4.39 Å². The Morgan fingerprint density at radius 3 is 2.76 bits per heavy atom. The smallest absolute Gasteiger partial charge is 0.124 e. The molecule has 0 saturated carbocycles. The number of hydrogen-bond donors (Lipinski definition) is 2. The van der Waals surface area contributed by atoms with Gasteiger partial charge < -0.3 is 0 Å². The van der Waals surface area contributed by atoms with Crippen molar-refractivity contribution < 1.29 is 4.39 Å². The molecule has 1 atom stereocenters. The number of halogens is 3. The summed E-state index contributed by atoms with van der Waals surface area (Å²) in [6.45, 7) is 0. The van der Waals surface area contributed by atoms with Crippen molar-refractivity contribution in [1.29, 1.82) is 0 Å². The number of benzene rings is 2. The van der Waals surface area contributed by atoms with Crippen LogP contribution in [0.5, 0.6) is 0 Å². The van der Waals surface area contributed by atoms with Crippen molar-refractivity contribution in [3.05, 3.63) is 63.3 Å². The van der Waals surface area contributed by atoms with Gasteiger partial charge in [-0.25, -0.2) is 4.39 Å². The van der Waals surface area contributed by atoms with E-state index < -0.39 is 0 Å². The first-order valence-electron chi connectivity index (χ1n) is 6.37. The average molecular weight is 390 g/mol. The Balaban J connectivity index is 1.97. The van der Waals surface area contributed by atoms with Gasteiger partial charge >= 0.3 is 0 Å². The summed E-state index contributed by atoms with van der Waals surface area (Å²) in [5, 5.41) is 0.433. The average Bonchev–Trinajstić information content (AvgIpc) is 2.45. The van der Waals surface area contributed by atoms with Crippen molar-refractivity contribution in [2.45, 2.75) is 17.4 Å². The number of nitrogens with one attached hydrogen (secondary N) is 1. The molecule has 21 heavy (non-hydrogen) atoms. The largest absolute Gasteiger partial charge is 0.271 e. The molecule has 2 rings (SSSR count). The molecule has 0 spiro atoms. The number of hydrazine groups is 1. The maximum Gasteiger partial charge on any atom is 0.124 e. The number of thioether (sulfide) groups is 1. The van der Waals surface area contributed by atoms with E-state index in [1.807, 2.05) is 18.2 Å². The summed E-state index contributed by atoms with van der Waals surface area (Å²) >= 11 is 11.2. The lowest BCUT2D eigenvalue weighted by Gasteiger charge is -2.16. The van der Waals surface area contributed by atoms with Crippen LogP contribution in [0.3, 0.4) is 0 Å². The van der Waals surface area contributed by atoms with Crippen LogP contribution in [0.15, 0.2) is 51.8 Å². The fourth-order valence-corrected chi connectivity index (χ4v) is 3.66. The standard InChI is InChI=1S/C15H15BrClFN2S/c16-11-2-1-3-14(7-11)21-9-13(20-19)6-10-4-5-12(18)8-15(10)17/h1-5,7-8,13,20H,6,9,19H2. The van der Waals surface area contributed by atoms with Crippen LogP contribution in [-0.2, 0) is 6.42 Å². The van der Waals surface area contributed by atoms with Gasteiger partial charge in [0.1, 0.15) is 5.82 Å². The zero-order chi connectivity index (χ0) is 15.2. The zero-order valence-corrected chi connectivity index (χ0v) is 14.3. The number of rotatable bonds is 6. The summed E-state index contributed by atoms with van der Waals surface area (Å²) in [5.41, 5.74) is 3.68. The molecule has 0 aliphatic heterocycles. The van der Waals surface area contributed by atoms with E-state index in [1.165, 1.54) is 12.1 Å². The van der Waals surface area contributed by atoms with E-state index in [1.54, 1.807) is 17.8 Å². The van der Waals surface area contributed by atoms with Crippen molar-refractivity contribution in [3.63, 3.8) is 0 Å². The van der Waals surface area contributed by atoms with Crippen LogP contribution < -0.4 is 11.3 Å². The van der Waals surface area contributed by atoms with Gasteiger partial charge in [0.15, 0.2) is 0 Å². The van der Waals surface area contributed by atoms with E-state index in [-0.39, 0.29) is 11.9 Å². The Kier molecular flexibility index (Phi) is 6.51. The summed E-state index contributed by atoms with van der Waals surface area (Å²) in [6.07, 6.45) is 0.649. The van der Waals surface area contributed by atoms with Gasteiger partial charge in [0.25, 0.3) is 0 Å². The third-order valence-corrected chi connectivity index (χ3v) is 4.97. The molecule has 0 aliphatic rings. The Morgan fingerprint density at radius 1 is 1.29 bits per heavy atom. The number of hydrogen-bond acceptors (Lipinski definition) is 3. The Bertz CT molecular complexity index is 612. The predicted molar refractivity (Wildman–Crippen MR) is 91.1 cm³/mol. The minimum atomic E-state index is -0.329. The van der Waals surface area contributed by atoms with Crippen LogP contribution in [0.2, 0.25) is 5.02 Å². The minimum absolute atomic E-state index is 0.0527. The van der Waals surface area contributed by atoms with Gasteiger partial charge in [0, 0.05) is 26.2 Å². The first-order valence-corrected chi connectivity index (χ1v) is 8.52. The highest BCUT2D eigenvalue weighted by molar-refractivity contribution is 9.10. The van der Waals surface area contributed by atoms with Crippen LogP contribution in [0, 0.1) is 5.82 Å². The molecule has 6 heteroatoms. The molecule has 0 amide bonds. The minimum Gasteiger partial charge on any atom is -0.271 e. The molecule has 0 radical (unpaired) electrons. The highest BCUT2D eigenvalue weighted by atomic mass is 79.9. The molecule has 0 bridgehead atoms. The Hall–Kier alpha value is -0.590. The second-order valence-corrected chi connectivity index (χ2v) is 6.99. The van der Waals surface area contributed by atoms with Crippen LogP contribution in [0.25, 0.3) is 0 Å². The van der Waals surface area contributed by atoms with Gasteiger partial charge in [-0.1, -0.05) is 39.7 Å². The van der Waals surface area contributed by atoms with E-state index in [2.05, 4.69) is 27.4 Å². The fraction of sp³-hybridized carbons (Fsp3) is 0.200. The van der Waals surface area contributed by atoms with Gasteiger partial charge in [0.2, 0.25) is 0 Å². The molecule has 0 saturated heterocycles. The molecule has 112 valence electrons. The summed E-state index contributed by atoms with van der Waals surface area (Å²) in [5.74, 6) is 6.07. The second-order valence-electron chi connectivity index (χ2n) is 4.57. The quantitative estimate of drug-likeness (QED) is 0.437. The van der Waals surface area contributed by atoms with E-state index in [4.69, 9.17) is 17.4 Å². The highest BCUT2D eigenvalue weighted by Crippen LogP contribution is 2.24. The van der Waals surface area contributed by atoms with Crippen LogP contribution in [0.4, 0.5) is 4.39 Å². The second kappa shape index (κ2) is 8.15. The van der Waals surface area contributed by atoms with Gasteiger partial charge in [-0.3, -0.25) is 11.3 Å². The summed E-state index contributed by atoms with van der Waals surface area (Å²) in [6, 6.07) is 12.6. The van der Waals surface area contributed by atoms with E-state index >= 15 is 0 Å². The fourth-order valence-electron chi connectivity index (χ4n) is 1.87. The molecule has 2 aromatic carbocycles. The number of nitrogens with two attached hydrogens (primary N) is 1. The Labute approximate surface area is 141 Å². The Morgan fingerprint density at radius 2 is 2.10 bits per heavy atom. The van der Waals surface area contributed by atoms with Crippen molar-refractivity contribution >= 4 is 39.3 Å². The zero-order valence-electron chi connectivity index (χ0n) is 11.2. The van der Waals surface area contributed by atoms with E-state index in [0.717, 1.165) is 20.7 Å². The normalized spacial score (nSPS) is 12.4. The van der Waals surface area contributed by atoms with Crippen molar-refractivity contribution in [2.24, 2.45) is 5.84 Å². The molecule has 3 N–H and O–H groups in total. The lowest BCUT2D eigenvalue weighted by atomic mass is 10.1. The van der Waals surface area contributed by atoms with Gasteiger partial charge in [-0.2, -0.15) is 0 Å². The van der Waals surface area contributed by atoms with Gasteiger partial charge in [-0.05, 0) is 42.3 Å². The molecule has 0 fully saturated rings. The van der Waals surface area contributed by atoms with Gasteiger partial charge in [-0.15, -0.1) is 11.8 Å². The molecule has 1 unspecified atom stereocenters. The third kappa shape index (κ3) is 5.27. The molecule has 0 aromatic heterocycles. The summed E-state index contributed by atoms with van der Waals surface area (Å²) in [7, 11) is 0. The van der Waals surface area contributed by atoms with Crippen LogP contribution in [0.1, 0.15) is 5.56 Å². The molecule has 2 nitrogen and oxygen atoms in total. The lowest BCUT2D eigenvalue weighted by molar-refractivity contribution is 0.574. The monoisotopic (exact) mass is 388 g/mol. The first kappa shape index (κ1) is 16.8. The van der Waals surface area contributed by atoms with Crippen molar-refractivity contribution in [2.75, 3.05) is 5.75 Å². The van der Waals surface area contributed by atoms with Crippen molar-refractivity contribution in [3.8, 4) is 0 Å². The van der Waals surface area contributed by atoms with Crippen LogP contribution >= 0.6 is 39.3 Å². The predicted octanol–water partition coefficient (Wildman–Crippen LogP) is 4.41. The maximum absolute atomic E-state index is 13.0. The summed E-state index contributed by atoms with van der Waals surface area (Å²) in [4.78, 5) is 1.16. The van der Waals surface area contributed by atoms with Gasteiger partial charge in [0.05, 0.1) is 0 Å². The lowest BCUT2D eigenvalue weighted by Crippen LogP contribution is -2.38. The van der Waals surface area contributed by atoms with Crippen LogP contribution in [-0.4, -0.2) is 11.8 Å². The van der Waals surface area contributed by atoms with E-state index in [0.29, 0.717) is 11.4 Å². The van der Waals surface area contributed by atoms with Crippen molar-refractivity contribution in [1.82, 2.24) is 5.43 Å². The first-order chi connectivity index (χ1) is 10.1. The topological polar surface area (TPSA) is 38.0 Å². The molecular weight excluding hydrogens is 375 g/mol. The SMILES string of the molecule is NNC(CSc1cccc(Br)c1)Cc1ccc(F)cc1Cl. The molecule has 0 aliphatic carbocycles. The molecule has 0 heterocycles. The third-order valence-electron chi connectivity index (χ3n) is 2.96. The summed E-state index contributed by atoms with van der Waals surface area (Å²) < 4.78 is 14.1. The molecular formula is C15H15BrClFN2S. The highest BCUT2D eigenvalue weighted by Gasteiger charge is 2.11. The molecule has 2 aromatic rings. The maximum atomic E-state index is 13.0.